The highest BCUT2D eigenvalue weighted by Gasteiger charge is 2.36. The third kappa shape index (κ3) is 2.87. The van der Waals surface area contributed by atoms with E-state index in [-0.39, 0.29) is 17.7 Å². The van der Waals surface area contributed by atoms with E-state index < -0.39 is 0 Å². The van der Waals surface area contributed by atoms with E-state index >= 15 is 0 Å². The van der Waals surface area contributed by atoms with Crippen LogP contribution in [0.25, 0.3) is 10.9 Å². The van der Waals surface area contributed by atoms with Crippen LogP contribution in [0.1, 0.15) is 22.6 Å². The van der Waals surface area contributed by atoms with Crippen LogP contribution < -0.4 is 0 Å². The Balaban J connectivity index is 1.19. The molecule has 5 heteroatoms. The summed E-state index contributed by atoms with van der Waals surface area (Å²) >= 11 is 0. The van der Waals surface area contributed by atoms with E-state index in [0.717, 1.165) is 22.9 Å². The average Bonchev–Trinajstić information content (AvgIpc) is 3.12. The zero-order chi connectivity index (χ0) is 19.1. The summed E-state index contributed by atoms with van der Waals surface area (Å²) in [5.74, 6) is 0.345. The lowest BCUT2D eigenvalue weighted by atomic mass is 9.77. The van der Waals surface area contributed by atoms with Gasteiger partial charge in [-0.1, -0.05) is 42.5 Å². The van der Waals surface area contributed by atoms with E-state index in [9.17, 15) is 9.59 Å². The smallest absolute Gasteiger partial charge is 0.230 e. The zero-order valence-electron chi connectivity index (χ0n) is 15.7. The Kier molecular flexibility index (Phi) is 4.15. The number of aromatic amines is 1. The second-order valence-electron chi connectivity index (χ2n) is 7.70. The van der Waals surface area contributed by atoms with Crippen LogP contribution in [0.15, 0.2) is 54.7 Å². The number of para-hydroxylation sites is 1. The highest BCUT2D eigenvalue weighted by Crippen LogP contribution is 2.36. The van der Waals surface area contributed by atoms with Crippen LogP contribution in [-0.2, 0) is 22.4 Å². The molecule has 2 heterocycles. The molecule has 2 aromatic carbocycles. The minimum Gasteiger partial charge on any atom is -0.361 e. The summed E-state index contributed by atoms with van der Waals surface area (Å²) in [5.41, 5.74) is 4.55. The number of nitrogens with zero attached hydrogens (tertiary/aromatic N) is 2. The first-order valence-corrected chi connectivity index (χ1v) is 9.90. The molecule has 2 aliphatic rings. The van der Waals surface area contributed by atoms with Crippen LogP contribution in [0.4, 0.5) is 0 Å². The molecular weight excluding hydrogens is 350 g/mol. The van der Waals surface area contributed by atoms with Crippen molar-refractivity contribution in [3.8, 4) is 0 Å². The van der Waals surface area contributed by atoms with Gasteiger partial charge in [0.15, 0.2) is 0 Å². The van der Waals surface area contributed by atoms with Gasteiger partial charge in [0.25, 0.3) is 0 Å². The summed E-state index contributed by atoms with van der Waals surface area (Å²) in [7, 11) is 0. The fraction of sp³-hybridized carbons (Fsp3) is 0.304. The maximum absolute atomic E-state index is 12.8. The van der Waals surface area contributed by atoms with Crippen LogP contribution in [0.3, 0.4) is 0 Å². The Morgan fingerprint density at radius 2 is 1.64 bits per heavy atom. The number of hydrogen-bond acceptors (Lipinski definition) is 2. The lowest BCUT2D eigenvalue weighted by molar-refractivity contribution is -0.140. The fourth-order valence-electron chi connectivity index (χ4n) is 4.43. The molecule has 1 fully saturated rings. The van der Waals surface area contributed by atoms with E-state index in [4.69, 9.17) is 0 Å². The van der Waals surface area contributed by atoms with Gasteiger partial charge in [0, 0.05) is 43.3 Å². The molecule has 1 unspecified atom stereocenters. The molecule has 1 saturated heterocycles. The third-order valence-electron chi connectivity index (χ3n) is 6.11. The molecule has 1 aliphatic heterocycles. The number of amides is 2. The van der Waals surface area contributed by atoms with E-state index in [1.165, 1.54) is 11.1 Å². The van der Waals surface area contributed by atoms with E-state index in [2.05, 4.69) is 17.1 Å². The number of nitrogens with one attached hydrogen (secondary N) is 1. The Morgan fingerprint density at radius 1 is 0.929 bits per heavy atom. The fourth-order valence-corrected chi connectivity index (χ4v) is 4.43. The summed E-state index contributed by atoms with van der Waals surface area (Å²) in [5, 5.41) is 1.10. The molecule has 28 heavy (non-hydrogen) atoms. The largest absolute Gasteiger partial charge is 0.361 e. The van der Waals surface area contributed by atoms with Gasteiger partial charge in [-0.15, -0.1) is 0 Å². The molecule has 1 aromatic heterocycles. The van der Waals surface area contributed by atoms with Crippen LogP contribution in [0, 0.1) is 0 Å². The second-order valence-corrected chi connectivity index (χ2v) is 7.70. The maximum atomic E-state index is 12.8. The van der Waals surface area contributed by atoms with E-state index in [0.29, 0.717) is 32.6 Å². The summed E-state index contributed by atoms with van der Waals surface area (Å²) in [6.45, 7) is 2.47. The molecule has 2 amide bonds. The van der Waals surface area contributed by atoms with E-state index in [1.807, 2.05) is 52.4 Å². The first-order chi connectivity index (χ1) is 13.7. The van der Waals surface area contributed by atoms with Gasteiger partial charge < -0.3 is 14.8 Å². The third-order valence-corrected chi connectivity index (χ3v) is 6.11. The van der Waals surface area contributed by atoms with Crippen molar-refractivity contribution >= 4 is 22.7 Å². The number of piperazine rings is 1. The van der Waals surface area contributed by atoms with E-state index in [1.54, 1.807) is 0 Å². The summed E-state index contributed by atoms with van der Waals surface area (Å²) in [6.07, 6.45) is 3.17. The van der Waals surface area contributed by atoms with Crippen molar-refractivity contribution in [2.75, 3.05) is 26.2 Å². The number of hydrogen-bond donors (Lipinski definition) is 1. The molecule has 142 valence electrons. The van der Waals surface area contributed by atoms with Crippen molar-refractivity contribution < 1.29 is 9.59 Å². The van der Waals surface area contributed by atoms with Crippen molar-refractivity contribution in [1.82, 2.24) is 14.8 Å². The summed E-state index contributed by atoms with van der Waals surface area (Å²) < 4.78 is 0. The van der Waals surface area contributed by atoms with Gasteiger partial charge in [0.2, 0.25) is 11.8 Å². The molecule has 1 aliphatic carbocycles. The number of fused-ring (bicyclic) bond motifs is 2. The Hall–Kier alpha value is -3.08. The van der Waals surface area contributed by atoms with Gasteiger partial charge in [-0.2, -0.15) is 0 Å². The number of H-pyrrole nitrogens is 1. The molecule has 0 radical (unpaired) electrons. The van der Waals surface area contributed by atoms with Crippen LogP contribution >= 0.6 is 0 Å². The van der Waals surface area contributed by atoms with Crippen LogP contribution in [0.2, 0.25) is 0 Å². The number of carbonyl (C=O) groups is 2. The van der Waals surface area contributed by atoms with Gasteiger partial charge in [-0.25, -0.2) is 0 Å². The Bertz CT molecular complexity index is 1050. The van der Waals surface area contributed by atoms with Crippen molar-refractivity contribution in [3.05, 3.63) is 71.4 Å². The SMILES string of the molecule is O=C(Cc1c[nH]c2ccccc12)N1CCN(C(=O)C2Cc3ccccc32)CC1. The van der Waals surface area contributed by atoms with Gasteiger partial charge in [0.1, 0.15) is 0 Å². The molecule has 3 aromatic rings. The van der Waals surface area contributed by atoms with Crippen LogP contribution in [-0.4, -0.2) is 52.8 Å². The zero-order valence-corrected chi connectivity index (χ0v) is 15.7. The molecule has 5 rings (SSSR count). The molecule has 0 saturated carbocycles. The summed E-state index contributed by atoms with van der Waals surface area (Å²) in [6, 6.07) is 16.2. The van der Waals surface area contributed by atoms with Crippen molar-refractivity contribution in [2.24, 2.45) is 0 Å². The second kappa shape index (κ2) is 6.82. The van der Waals surface area contributed by atoms with Crippen LogP contribution in [0.5, 0.6) is 0 Å². The van der Waals surface area contributed by atoms with Gasteiger partial charge in [-0.05, 0) is 29.2 Å². The van der Waals surface area contributed by atoms with Gasteiger partial charge in [-0.3, -0.25) is 9.59 Å². The highest BCUT2D eigenvalue weighted by molar-refractivity contribution is 5.89. The highest BCUT2D eigenvalue weighted by atomic mass is 16.2. The molecule has 1 N–H and O–H groups in total. The topological polar surface area (TPSA) is 56.4 Å². The maximum Gasteiger partial charge on any atom is 0.230 e. The molecule has 0 bridgehead atoms. The molecule has 5 nitrogen and oxygen atoms in total. The van der Waals surface area contributed by atoms with Crippen molar-refractivity contribution in [2.45, 2.75) is 18.8 Å². The number of rotatable bonds is 3. The van der Waals surface area contributed by atoms with Crippen molar-refractivity contribution in [1.29, 1.82) is 0 Å². The minimum absolute atomic E-state index is 0.00433. The molecular formula is C23H23N3O2. The Morgan fingerprint density at radius 3 is 2.46 bits per heavy atom. The Labute approximate surface area is 163 Å². The number of benzene rings is 2. The first kappa shape index (κ1) is 17.0. The predicted octanol–water partition coefficient (Wildman–Crippen LogP) is 2.72. The summed E-state index contributed by atoms with van der Waals surface area (Å²) in [4.78, 5) is 32.6. The van der Waals surface area contributed by atoms with Crippen molar-refractivity contribution in [3.63, 3.8) is 0 Å². The van der Waals surface area contributed by atoms with Gasteiger partial charge >= 0.3 is 0 Å². The number of carbonyl (C=O) groups excluding carboxylic acids is 2. The molecule has 0 spiro atoms. The lowest BCUT2D eigenvalue weighted by Gasteiger charge is -2.39. The average molecular weight is 373 g/mol. The lowest BCUT2D eigenvalue weighted by Crippen LogP contribution is -2.52. The van der Waals surface area contributed by atoms with Gasteiger partial charge in [0.05, 0.1) is 12.3 Å². The standard InChI is InChI=1S/C23H23N3O2/c27-22(14-17-15-24-21-8-4-3-7-19(17)21)25-9-11-26(12-10-25)23(28)20-13-16-5-1-2-6-18(16)20/h1-8,15,20,24H,9-14H2. The normalized spacial score (nSPS) is 18.6. The minimum atomic E-state index is 0.00433. The predicted molar refractivity (Wildman–Crippen MR) is 108 cm³/mol. The quantitative estimate of drug-likeness (QED) is 0.768. The number of aromatic nitrogens is 1. The molecule has 1 atom stereocenters. The first-order valence-electron chi connectivity index (χ1n) is 9.90. The monoisotopic (exact) mass is 373 g/mol.